The summed E-state index contributed by atoms with van der Waals surface area (Å²) in [6.07, 6.45) is 2.06. The van der Waals surface area contributed by atoms with Crippen LogP contribution in [0, 0.1) is 0 Å². The average Bonchev–Trinajstić information content (AvgIpc) is 2.90. The Balaban J connectivity index is 1.84. The zero-order valence-electron chi connectivity index (χ0n) is 10.4. The molecule has 1 unspecified atom stereocenters. The zero-order chi connectivity index (χ0) is 13.7. The molecule has 7 heteroatoms. The van der Waals surface area contributed by atoms with Crippen LogP contribution in [0.25, 0.3) is 0 Å². The maximum Gasteiger partial charge on any atom is 0.320 e. The van der Waals surface area contributed by atoms with Crippen LogP contribution in [0.1, 0.15) is 23.3 Å². The predicted molar refractivity (Wildman–Crippen MR) is 68.8 cm³/mol. The lowest BCUT2D eigenvalue weighted by Crippen LogP contribution is -2.35. The van der Waals surface area contributed by atoms with E-state index in [-0.39, 0.29) is 23.6 Å². The quantitative estimate of drug-likeness (QED) is 0.735. The Bertz CT molecular complexity index is 472. The molecule has 0 radical (unpaired) electrons. The van der Waals surface area contributed by atoms with Gasteiger partial charge in [-0.25, -0.2) is 9.78 Å². The Morgan fingerprint density at radius 1 is 1.47 bits per heavy atom. The van der Waals surface area contributed by atoms with E-state index in [1.807, 2.05) is 0 Å². The first kappa shape index (κ1) is 13.3. The summed E-state index contributed by atoms with van der Waals surface area (Å²) < 4.78 is 5.38. The van der Waals surface area contributed by atoms with Crippen molar-refractivity contribution >= 4 is 17.8 Å². The molecule has 2 rings (SSSR count). The van der Waals surface area contributed by atoms with Gasteiger partial charge in [-0.05, 0) is 25.0 Å². The highest BCUT2D eigenvalue weighted by atomic mass is 16.5. The van der Waals surface area contributed by atoms with E-state index < -0.39 is 5.91 Å². The van der Waals surface area contributed by atoms with Gasteiger partial charge in [0.25, 0.3) is 5.91 Å². The van der Waals surface area contributed by atoms with Crippen LogP contribution in [-0.4, -0.2) is 36.2 Å². The smallest absolute Gasteiger partial charge is 0.320 e. The topological polar surface area (TPSA) is 106 Å². The molecule has 1 aromatic heterocycles. The van der Waals surface area contributed by atoms with Crippen LogP contribution in [-0.2, 0) is 4.74 Å². The Hall–Kier alpha value is -2.15. The lowest BCUT2D eigenvalue weighted by molar-refractivity contribution is 0.0995. The van der Waals surface area contributed by atoms with Gasteiger partial charge in [0.1, 0.15) is 11.5 Å². The molecule has 1 aliphatic heterocycles. The number of amides is 3. The number of carbonyl (C=O) groups excluding carboxylic acids is 2. The SMILES string of the molecule is NC(=O)c1cccc(NC(=O)NCC2CCCO2)n1. The van der Waals surface area contributed by atoms with Gasteiger partial charge in [-0.3, -0.25) is 10.1 Å². The normalized spacial score (nSPS) is 18.0. The van der Waals surface area contributed by atoms with E-state index in [1.165, 1.54) is 6.07 Å². The summed E-state index contributed by atoms with van der Waals surface area (Å²) in [5.74, 6) is -0.357. The third-order valence-electron chi connectivity index (χ3n) is 2.76. The molecule has 0 aliphatic carbocycles. The van der Waals surface area contributed by atoms with Gasteiger partial charge in [0.15, 0.2) is 0 Å². The lowest BCUT2D eigenvalue weighted by atomic mass is 10.2. The number of rotatable bonds is 4. The third-order valence-corrected chi connectivity index (χ3v) is 2.76. The Kier molecular flexibility index (Phi) is 4.30. The lowest BCUT2D eigenvalue weighted by Gasteiger charge is -2.11. The molecule has 3 amide bonds. The number of primary amides is 1. The number of aromatic nitrogens is 1. The second-order valence-corrected chi connectivity index (χ2v) is 4.24. The van der Waals surface area contributed by atoms with Crippen molar-refractivity contribution in [2.75, 3.05) is 18.5 Å². The van der Waals surface area contributed by atoms with Gasteiger partial charge in [0.2, 0.25) is 0 Å². The first-order valence-corrected chi connectivity index (χ1v) is 6.08. The molecule has 0 bridgehead atoms. The number of pyridine rings is 1. The summed E-state index contributed by atoms with van der Waals surface area (Å²) in [5.41, 5.74) is 5.22. The van der Waals surface area contributed by atoms with Crippen LogP contribution in [0.3, 0.4) is 0 Å². The molecule has 2 heterocycles. The first-order valence-electron chi connectivity index (χ1n) is 6.08. The molecule has 102 valence electrons. The fraction of sp³-hybridized carbons (Fsp3) is 0.417. The summed E-state index contributed by atoms with van der Waals surface area (Å²) in [6, 6.07) is 4.28. The van der Waals surface area contributed by atoms with Crippen molar-refractivity contribution in [1.82, 2.24) is 10.3 Å². The molecule has 0 saturated carbocycles. The number of nitrogens with zero attached hydrogens (tertiary/aromatic N) is 1. The maximum atomic E-state index is 11.6. The maximum absolute atomic E-state index is 11.6. The Morgan fingerprint density at radius 2 is 2.32 bits per heavy atom. The molecule has 7 nitrogen and oxygen atoms in total. The van der Waals surface area contributed by atoms with Gasteiger partial charge >= 0.3 is 6.03 Å². The molecule has 1 aliphatic rings. The number of urea groups is 1. The van der Waals surface area contributed by atoms with Crippen molar-refractivity contribution in [3.63, 3.8) is 0 Å². The summed E-state index contributed by atoms with van der Waals surface area (Å²) in [6.45, 7) is 1.21. The molecule has 19 heavy (non-hydrogen) atoms. The minimum absolute atomic E-state index is 0.0793. The van der Waals surface area contributed by atoms with Crippen LogP contribution >= 0.6 is 0 Å². The number of nitrogens with one attached hydrogen (secondary N) is 2. The van der Waals surface area contributed by atoms with E-state index in [4.69, 9.17) is 10.5 Å². The largest absolute Gasteiger partial charge is 0.376 e. The van der Waals surface area contributed by atoms with E-state index in [9.17, 15) is 9.59 Å². The van der Waals surface area contributed by atoms with Crippen molar-refractivity contribution in [3.8, 4) is 0 Å². The summed E-state index contributed by atoms with van der Waals surface area (Å²) in [5, 5.41) is 5.23. The second kappa shape index (κ2) is 6.14. The molecule has 1 fully saturated rings. The van der Waals surface area contributed by atoms with E-state index in [1.54, 1.807) is 12.1 Å². The minimum Gasteiger partial charge on any atom is -0.376 e. The molecule has 0 aromatic carbocycles. The molecule has 4 N–H and O–H groups in total. The van der Waals surface area contributed by atoms with Gasteiger partial charge in [0.05, 0.1) is 6.10 Å². The molecular formula is C12H16N4O3. The van der Waals surface area contributed by atoms with E-state index >= 15 is 0 Å². The molecular weight excluding hydrogens is 248 g/mol. The minimum atomic E-state index is -0.636. The summed E-state index contributed by atoms with van der Waals surface area (Å²) >= 11 is 0. The average molecular weight is 264 g/mol. The first-order chi connectivity index (χ1) is 9.15. The Labute approximate surface area is 110 Å². The van der Waals surface area contributed by atoms with Gasteiger partial charge in [-0.15, -0.1) is 0 Å². The van der Waals surface area contributed by atoms with Crippen molar-refractivity contribution in [2.24, 2.45) is 5.73 Å². The van der Waals surface area contributed by atoms with Gasteiger partial charge in [-0.1, -0.05) is 6.07 Å². The monoisotopic (exact) mass is 264 g/mol. The third kappa shape index (κ3) is 3.92. The number of ether oxygens (including phenoxy) is 1. The van der Waals surface area contributed by atoms with Gasteiger partial charge in [0, 0.05) is 13.2 Å². The van der Waals surface area contributed by atoms with Crippen LogP contribution in [0.5, 0.6) is 0 Å². The van der Waals surface area contributed by atoms with Crippen molar-refractivity contribution in [2.45, 2.75) is 18.9 Å². The zero-order valence-corrected chi connectivity index (χ0v) is 10.4. The number of carbonyl (C=O) groups is 2. The van der Waals surface area contributed by atoms with Crippen molar-refractivity contribution < 1.29 is 14.3 Å². The molecule has 1 saturated heterocycles. The highest BCUT2D eigenvalue weighted by Crippen LogP contribution is 2.10. The number of hydrogen-bond donors (Lipinski definition) is 3. The molecule has 1 atom stereocenters. The fourth-order valence-electron chi connectivity index (χ4n) is 1.81. The number of hydrogen-bond acceptors (Lipinski definition) is 4. The second-order valence-electron chi connectivity index (χ2n) is 4.24. The standard InChI is InChI=1S/C12H16N4O3/c13-11(17)9-4-1-5-10(15-9)16-12(18)14-7-8-3-2-6-19-8/h1,4-5,8H,2-3,6-7H2,(H2,13,17)(H2,14,15,16,18). The highest BCUT2D eigenvalue weighted by molar-refractivity contribution is 5.92. The molecule has 0 spiro atoms. The fourth-order valence-corrected chi connectivity index (χ4v) is 1.81. The van der Waals surface area contributed by atoms with E-state index in [0.29, 0.717) is 6.54 Å². The number of anilines is 1. The summed E-state index contributed by atoms with van der Waals surface area (Å²) in [4.78, 5) is 26.5. The van der Waals surface area contributed by atoms with E-state index in [2.05, 4.69) is 15.6 Å². The number of nitrogens with two attached hydrogens (primary N) is 1. The van der Waals surface area contributed by atoms with Crippen LogP contribution in [0.2, 0.25) is 0 Å². The van der Waals surface area contributed by atoms with Gasteiger partial charge in [-0.2, -0.15) is 0 Å². The van der Waals surface area contributed by atoms with Crippen molar-refractivity contribution in [3.05, 3.63) is 23.9 Å². The van der Waals surface area contributed by atoms with E-state index in [0.717, 1.165) is 19.4 Å². The van der Waals surface area contributed by atoms with Crippen LogP contribution < -0.4 is 16.4 Å². The Morgan fingerprint density at radius 3 is 3.00 bits per heavy atom. The summed E-state index contributed by atoms with van der Waals surface area (Å²) in [7, 11) is 0. The van der Waals surface area contributed by atoms with Crippen LogP contribution in [0.15, 0.2) is 18.2 Å². The molecule has 1 aromatic rings. The van der Waals surface area contributed by atoms with Gasteiger partial charge < -0.3 is 15.8 Å². The van der Waals surface area contributed by atoms with Crippen molar-refractivity contribution in [1.29, 1.82) is 0 Å². The predicted octanol–water partition coefficient (Wildman–Crippen LogP) is 0.481. The highest BCUT2D eigenvalue weighted by Gasteiger charge is 2.16. The van der Waals surface area contributed by atoms with Crippen LogP contribution in [0.4, 0.5) is 10.6 Å².